The lowest BCUT2D eigenvalue weighted by atomic mass is 10.0. The maximum atomic E-state index is 13.2. The van der Waals surface area contributed by atoms with E-state index in [9.17, 15) is 22.8 Å². The number of nitrogens with zero attached hydrogens (tertiary/aromatic N) is 3. The number of piperazine rings is 1. The van der Waals surface area contributed by atoms with Gasteiger partial charge in [-0.25, -0.2) is 9.78 Å². The Kier molecular flexibility index (Phi) is 8.27. The Morgan fingerprint density at radius 1 is 1.08 bits per heavy atom. The summed E-state index contributed by atoms with van der Waals surface area (Å²) >= 11 is 0. The monoisotopic (exact) mass is 506 g/mol. The first-order valence-corrected chi connectivity index (χ1v) is 10.8. The number of primary amides is 1. The van der Waals surface area contributed by atoms with Gasteiger partial charge in [0, 0.05) is 31.7 Å². The van der Waals surface area contributed by atoms with E-state index in [0.29, 0.717) is 22.5 Å². The number of carbonyl (C=O) groups is 3. The molecule has 3 aromatic rings. The number of H-pyrrole nitrogens is 1. The molecule has 2 aromatic carbocycles. The van der Waals surface area contributed by atoms with Gasteiger partial charge in [0.15, 0.2) is 0 Å². The maximum Gasteiger partial charge on any atom is 0.490 e. The summed E-state index contributed by atoms with van der Waals surface area (Å²) in [6.45, 7) is 3.45. The minimum atomic E-state index is -5.08. The number of aliphatic carboxylic acids is 1. The Morgan fingerprint density at radius 3 is 2.25 bits per heavy atom. The number of anilines is 1. The molecule has 2 heterocycles. The number of amides is 2. The third-order valence-electron chi connectivity index (χ3n) is 5.52. The standard InChI is InChI=1S/C21H24N6O2.C2HF3O2/c1-26-9-11-27(12-10-26)18(14-5-3-2-4-6-14)20(29)25-21-23-16-8-7-15(19(22)28)13-17(16)24-21;3-2(4,5)1(6)7/h2-8,13,18H,9-12H2,1H3,(H2,22,28)(H2,23,24,25,29);(H,6,7). The zero-order chi connectivity index (χ0) is 26.5. The molecule has 36 heavy (non-hydrogen) atoms. The fourth-order valence-corrected chi connectivity index (χ4v) is 3.65. The average molecular weight is 506 g/mol. The molecule has 1 fully saturated rings. The zero-order valence-corrected chi connectivity index (χ0v) is 19.2. The Hall–Kier alpha value is -3.97. The molecule has 0 spiro atoms. The Morgan fingerprint density at radius 2 is 1.69 bits per heavy atom. The largest absolute Gasteiger partial charge is 0.490 e. The third kappa shape index (κ3) is 6.79. The van der Waals surface area contributed by atoms with E-state index < -0.39 is 24.1 Å². The van der Waals surface area contributed by atoms with Gasteiger partial charge >= 0.3 is 12.1 Å². The van der Waals surface area contributed by atoms with Crippen molar-refractivity contribution >= 4 is 34.8 Å². The topological polar surface area (TPSA) is 145 Å². The van der Waals surface area contributed by atoms with Gasteiger partial charge in [0.2, 0.25) is 17.8 Å². The average Bonchev–Trinajstić information content (AvgIpc) is 3.22. The molecule has 0 aliphatic carbocycles. The molecule has 1 aliphatic heterocycles. The number of fused-ring (bicyclic) bond motifs is 1. The van der Waals surface area contributed by atoms with Crippen LogP contribution in [-0.2, 0) is 9.59 Å². The van der Waals surface area contributed by atoms with Crippen LogP contribution in [0.2, 0.25) is 0 Å². The fraction of sp³-hybridized carbons (Fsp3) is 0.304. The quantitative estimate of drug-likeness (QED) is 0.415. The number of benzene rings is 2. The molecule has 0 radical (unpaired) electrons. The molecule has 1 atom stereocenters. The van der Waals surface area contributed by atoms with Gasteiger partial charge in [-0.2, -0.15) is 13.2 Å². The van der Waals surface area contributed by atoms with Crippen LogP contribution in [0.15, 0.2) is 48.5 Å². The number of nitrogens with two attached hydrogens (primary N) is 1. The number of carboxylic acid groups (broad SMARTS) is 1. The van der Waals surface area contributed by atoms with Crippen LogP contribution in [0, 0.1) is 0 Å². The Balaban J connectivity index is 0.000000454. The maximum absolute atomic E-state index is 13.2. The molecule has 10 nitrogen and oxygen atoms in total. The lowest BCUT2D eigenvalue weighted by molar-refractivity contribution is -0.192. The number of carboxylic acids is 1. The first-order valence-electron chi connectivity index (χ1n) is 10.8. The van der Waals surface area contributed by atoms with Crippen LogP contribution in [-0.4, -0.2) is 82.1 Å². The van der Waals surface area contributed by atoms with Crippen molar-refractivity contribution in [1.82, 2.24) is 19.8 Å². The van der Waals surface area contributed by atoms with Crippen molar-refractivity contribution in [3.63, 3.8) is 0 Å². The third-order valence-corrected chi connectivity index (χ3v) is 5.52. The van der Waals surface area contributed by atoms with E-state index in [-0.39, 0.29) is 5.91 Å². The van der Waals surface area contributed by atoms with Crippen molar-refractivity contribution in [2.75, 3.05) is 38.5 Å². The molecule has 5 N–H and O–H groups in total. The second-order valence-electron chi connectivity index (χ2n) is 8.13. The van der Waals surface area contributed by atoms with Crippen LogP contribution in [0.4, 0.5) is 19.1 Å². The second-order valence-corrected chi connectivity index (χ2v) is 8.13. The molecule has 0 saturated carbocycles. The summed E-state index contributed by atoms with van der Waals surface area (Å²) in [6.07, 6.45) is -5.08. The van der Waals surface area contributed by atoms with Crippen LogP contribution in [0.3, 0.4) is 0 Å². The van der Waals surface area contributed by atoms with E-state index in [1.54, 1.807) is 18.2 Å². The van der Waals surface area contributed by atoms with Crippen LogP contribution in [0.25, 0.3) is 11.0 Å². The minimum absolute atomic E-state index is 0.144. The van der Waals surface area contributed by atoms with Crippen molar-refractivity contribution in [1.29, 1.82) is 0 Å². The summed E-state index contributed by atoms with van der Waals surface area (Å²) < 4.78 is 31.7. The highest BCUT2D eigenvalue weighted by Gasteiger charge is 2.38. The second kappa shape index (κ2) is 11.2. The SMILES string of the molecule is CN1CCN(C(C(=O)Nc2nc3ccc(C(N)=O)cc3[nH]2)c2ccccc2)CC1.O=C(O)C(F)(F)F. The molecular formula is C23H25F3N6O4. The fourth-order valence-electron chi connectivity index (χ4n) is 3.65. The molecule has 1 aliphatic rings. The van der Waals surface area contributed by atoms with Gasteiger partial charge in [-0.05, 0) is 30.8 Å². The van der Waals surface area contributed by atoms with Gasteiger partial charge in [-0.15, -0.1) is 0 Å². The molecule has 0 bridgehead atoms. The highest BCUT2D eigenvalue weighted by molar-refractivity contribution is 5.98. The van der Waals surface area contributed by atoms with Crippen LogP contribution < -0.4 is 11.1 Å². The molecule has 2 amide bonds. The van der Waals surface area contributed by atoms with E-state index in [4.69, 9.17) is 15.6 Å². The van der Waals surface area contributed by atoms with Gasteiger partial charge in [-0.1, -0.05) is 30.3 Å². The first kappa shape index (κ1) is 26.6. The molecule has 1 unspecified atom stereocenters. The van der Waals surface area contributed by atoms with E-state index >= 15 is 0 Å². The van der Waals surface area contributed by atoms with Gasteiger partial charge in [0.05, 0.1) is 11.0 Å². The van der Waals surface area contributed by atoms with Crippen molar-refractivity contribution < 1.29 is 32.7 Å². The van der Waals surface area contributed by atoms with Crippen molar-refractivity contribution in [2.45, 2.75) is 12.2 Å². The predicted molar refractivity (Wildman–Crippen MR) is 125 cm³/mol. The number of aromatic nitrogens is 2. The van der Waals surface area contributed by atoms with Gasteiger partial charge in [-0.3, -0.25) is 19.8 Å². The number of hydrogen-bond donors (Lipinski definition) is 4. The molecule has 1 aromatic heterocycles. The van der Waals surface area contributed by atoms with E-state index in [1.807, 2.05) is 30.3 Å². The lowest BCUT2D eigenvalue weighted by Gasteiger charge is -2.37. The van der Waals surface area contributed by atoms with Crippen LogP contribution in [0.1, 0.15) is 22.0 Å². The molecular weight excluding hydrogens is 481 g/mol. The van der Waals surface area contributed by atoms with E-state index in [2.05, 4.69) is 32.1 Å². The van der Waals surface area contributed by atoms with Crippen molar-refractivity contribution in [2.24, 2.45) is 5.73 Å². The molecule has 4 rings (SSSR count). The number of carbonyl (C=O) groups excluding carboxylic acids is 2. The molecule has 192 valence electrons. The highest BCUT2D eigenvalue weighted by atomic mass is 19.4. The van der Waals surface area contributed by atoms with E-state index in [0.717, 1.165) is 31.7 Å². The van der Waals surface area contributed by atoms with Crippen molar-refractivity contribution in [3.05, 3.63) is 59.7 Å². The number of likely N-dealkylation sites (N-methyl/N-ethyl adjacent to an activating group) is 1. The minimum Gasteiger partial charge on any atom is -0.475 e. The molecule has 1 saturated heterocycles. The van der Waals surface area contributed by atoms with Crippen LogP contribution in [0.5, 0.6) is 0 Å². The first-order chi connectivity index (χ1) is 17.0. The normalized spacial score (nSPS) is 15.6. The summed E-state index contributed by atoms with van der Waals surface area (Å²) in [5.41, 5.74) is 7.97. The van der Waals surface area contributed by atoms with Gasteiger partial charge < -0.3 is 20.7 Å². The summed E-state index contributed by atoms with van der Waals surface area (Å²) in [4.78, 5) is 45.5. The zero-order valence-electron chi connectivity index (χ0n) is 19.2. The number of nitrogens with one attached hydrogen (secondary N) is 2. The van der Waals surface area contributed by atoms with Crippen molar-refractivity contribution in [3.8, 4) is 0 Å². The summed E-state index contributed by atoms with van der Waals surface area (Å²) in [5.74, 6) is -3.06. The summed E-state index contributed by atoms with van der Waals surface area (Å²) in [6, 6.07) is 14.3. The number of rotatable bonds is 5. The van der Waals surface area contributed by atoms with E-state index in [1.165, 1.54) is 0 Å². The summed E-state index contributed by atoms with van der Waals surface area (Å²) in [7, 11) is 2.09. The Labute approximate surface area is 203 Å². The summed E-state index contributed by atoms with van der Waals surface area (Å²) in [5, 5.41) is 10.0. The van der Waals surface area contributed by atoms with Gasteiger partial charge in [0.25, 0.3) is 0 Å². The number of imidazole rings is 1. The van der Waals surface area contributed by atoms with Crippen LogP contribution >= 0.6 is 0 Å². The molecule has 13 heteroatoms. The number of halogens is 3. The predicted octanol–water partition coefficient (Wildman–Crippen LogP) is 2.22. The number of hydrogen-bond acceptors (Lipinski definition) is 6. The Bertz CT molecular complexity index is 1220. The number of alkyl halides is 3. The highest BCUT2D eigenvalue weighted by Crippen LogP contribution is 2.24. The lowest BCUT2D eigenvalue weighted by Crippen LogP contribution is -2.48. The van der Waals surface area contributed by atoms with Gasteiger partial charge in [0.1, 0.15) is 6.04 Å². The number of aromatic amines is 1. The smallest absolute Gasteiger partial charge is 0.475 e.